The summed E-state index contributed by atoms with van der Waals surface area (Å²) >= 11 is 0. The van der Waals surface area contributed by atoms with Crippen LogP contribution in [0.15, 0.2) is 0 Å². The van der Waals surface area contributed by atoms with Crippen molar-refractivity contribution in [2.45, 2.75) is 102 Å². The monoisotopic (exact) mass is 464 g/mol. The third kappa shape index (κ3) is 5.55. The zero-order valence-electron chi connectivity index (χ0n) is 20.7. The minimum Gasteiger partial charge on any atom is -0.381 e. The molecule has 33 heavy (non-hydrogen) atoms. The van der Waals surface area contributed by atoms with Gasteiger partial charge in [0, 0.05) is 20.2 Å². The van der Waals surface area contributed by atoms with Crippen LogP contribution in [0.3, 0.4) is 0 Å². The summed E-state index contributed by atoms with van der Waals surface area (Å²) < 4.78 is 5.47. The zero-order chi connectivity index (χ0) is 23.4. The Kier molecular flexibility index (Phi) is 8.65. The van der Waals surface area contributed by atoms with E-state index in [1.165, 1.54) is 17.7 Å². The number of hydrogen-bond donors (Lipinski definition) is 4. The van der Waals surface area contributed by atoms with Crippen molar-refractivity contribution < 1.29 is 19.2 Å². The maximum atomic E-state index is 13.4. The van der Waals surface area contributed by atoms with Crippen molar-refractivity contribution in [3.05, 3.63) is 0 Å². The van der Waals surface area contributed by atoms with E-state index in [2.05, 4.69) is 17.6 Å². The summed E-state index contributed by atoms with van der Waals surface area (Å²) in [6.07, 6.45) is 11.8. The van der Waals surface area contributed by atoms with Gasteiger partial charge in [-0.15, -0.1) is 0 Å². The van der Waals surface area contributed by atoms with Gasteiger partial charge in [0.2, 0.25) is 11.8 Å². The van der Waals surface area contributed by atoms with E-state index in [0.29, 0.717) is 25.0 Å². The highest BCUT2D eigenvalue weighted by Crippen LogP contribution is 2.31. The first-order valence-corrected chi connectivity index (χ1v) is 13.5. The number of nitrogens with one attached hydrogen (secondary N) is 3. The summed E-state index contributed by atoms with van der Waals surface area (Å²) in [6.45, 7) is 4.61. The van der Waals surface area contributed by atoms with E-state index in [-0.39, 0.29) is 42.1 Å². The van der Waals surface area contributed by atoms with Crippen molar-refractivity contribution in [1.29, 1.82) is 0 Å². The number of carbonyl (C=O) groups excluding carboxylic acids is 2. The molecule has 0 aromatic heterocycles. The molecule has 1 aliphatic carbocycles. The Hall–Kier alpha value is -1.22. The first-order valence-electron chi connectivity index (χ1n) is 13.5. The van der Waals surface area contributed by atoms with Crippen LogP contribution in [0.5, 0.6) is 0 Å². The molecule has 3 saturated heterocycles. The second-order valence-electron chi connectivity index (χ2n) is 10.8. The predicted molar refractivity (Wildman–Crippen MR) is 127 cm³/mol. The van der Waals surface area contributed by atoms with Gasteiger partial charge in [0.25, 0.3) is 0 Å². The minimum absolute atomic E-state index is 0.0263. The Morgan fingerprint density at radius 3 is 2.76 bits per heavy atom. The summed E-state index contributed by atoms with van der Waals surface area (Å²) in [7, 11) is 1.80. The molecule has 0 aromatic carbocycles. The highest BCUT2D eigenvalue weighted by atomic mass is 16.5. The van der Waals surface area contributed by atoms with Crippen LogP contribution in [-0.4, -0.2) is 68.1 Å². The van der Waals surface area contributed by atoms with Gasteiger partial charge in [-0.1, -0.05) is 13.3 Å². The van der Waals surface area contributed by atoms with Crippen molar-refractivity contribution in [3.8, 4) is 0 Å². The smallest absolute Gasteiger partial charge is 0.234 e. The SMILES string of the molecule is CCCC[NH+]1C(N)C(C(=O)NCCC2CCC(OC)CC2)CC2C(=O)N3CCCCC3NC21. The van der Waals surface area contributed by atoms with Gasteiger partial charge in [-0.25, -0.2) is 5.32 Å². The average Bonchev–Trinajstić information content (AvgIpc) is 2.84. The Bertz CT molecular complexity index is 668. The summed E-state index contributed by atoms with van der Waals surface area (Å²) in [5, 5.41) is 6.97. The fraction of sp³-hybridized carbons (Fsp3) is 0.920. The lowest BCUT2D eigenvalue weighted by Crippen LogP contribution is -3.26. The summed E-state index contributed by atoms with van der Waals surface area (Å²) in [6, 6.07) is 0. The average molecular weight is 465 g/mol. The van der Waals surface area contributed by atoms with Crippen LogP contribution in [0, 0.1) is 17.8 Å². The topological polar surface area (TPSA) is 101 Å². The lowest BCUT2D eigenvalue weighted by atomic mass is 9.80. The number of amides is 2. The van der Waals surface area contributed by atoms with Gasteiger partial charge in [-0.3, -0.25) is 15.3 Å². The van der Waals surface area contributed by atoms with E-state index in [0.717, 1.165) is 64.5 Å². The van der Waals surface area contributed by atoms with Gasteiger partial charge in [0.05, 0.1) is 18.8 Å². The molecule has 0 radical (unpaired) electrons. The first kappa shape index (κ1) is 24.9. The molecule has 1 saturated carbocycles. The maximum absolute atomic E-state index is 13.4. The molecule has 0 bridgehead atoms. The van der Waals surface area contributed by atoms with Crippen LogP contribution < -0.4 is 21.3 Å². The van der Waals surface area contributed by atoms with E-state index in [1.807, 2.05) is 4.90 Å². The molecular formula is C25H46N5O3+. The van der Waals surface area contributed by atoms with Gasteiger partial charge in [-0.2, -0.15) is 0 Å². The van der Waals surface area contributed by atoms with Crippen LogP contribution in [0.4, 0.5) is 0 Å². The first-order chi connectivity index (χ1) is 16.0. The number of nitrogens with two attached hydrogens (primary N) is 1. The van der Waals surface area contributed by atoms with Crippen molar-refractivity contribution in [2.75, 3.05) is 26.7 Å². The molecule has 0 spiro atoms. The summed E-state index contributed by atoms with van der Waals surface area (Å²) in [5.74, 6) is 0.458. The number of unbranched alkanes of at least 4 members (excludes halogenated alkanes) is 1. The number of quaternary nitrogens is 1. The second kappa shape index (κ2) is 11.5. The Morgan fingerprint density at radius 2 is 2.03 bits per heavy atom. The van der Waals surface area contributed by atoms with Crippen LogP contribution in [-0.2, 0) is 14.3 Å². The van der Waals surface area contributed by atoms with E-state index in [9.17, 15) is 9.59 Å². The number of ether oxygens (including phenoxy) is 1. The molecule has 3 heterocycles. The lowest BCUT2D eigenvalue weighted by Gasteiger charge is -2.52. The molecule has 4 rings (SSSR count). The van der Waals surface area contributed by atoms with Crippen LogP contribution in [0.2, 0.25) is 0 Å². The fourth-order valence-corrected chi connectivity index (χ4v) is 6.70. The number of rotatable bonds is 8. The standard InChI is InChI=1S/C25H45N5O3/c1-3-4-14-30-22(26)19(24(31)27-13-12-17-8-10-18(33-2)11-9-17)16-20-23(30)28-21-7-5-6-15-29(21)25(20)32/h17-23,28H,3-16,26H2,1-2H3,(H,27,31)/p+1. The molecule has 2 amide bonds. The normalized spacial score (nSPS) is 39.0. The highest BCUT2D eigenvalue weighted by molar-refractivity contribution is 5.83. The Balaban J connectivity index is 1.37. The van der Waals surface area contributed by atoms with E-state index in [4.69, 9.17) is 10.5 Å². The largest absolute Gasteiger partial charge is 0.381 e. The molecule has 8 heteroatoms. The predicted octanol–water partition coefficient (Wildman–Crippen LogP) is 0.572. The van der Waals surface area contributed by atoms with Crippen LogP contribution >= 0.6 is 0 Å². The zero-order valence-corrected chi connectivity index (χ0v) is 20.7. The number of likely N-dealkylation sites (tertiary alicyclic amines) is 1. The number of fused-ring (bicyclic) bond motifs is 2. The van der Waals surface area contributed by atoms with Crippen molar-refractivity contribution in [2.24, 2.45) is 23.5 Å². The number of methoxy groups -OCH3 is 1. The van der Waals surface area contributed by atoms with E-state index >= 15 is 0 Å². The molecule has 3 aliphatic heterocycles. The van der Waals surface area contributed by atoms with Crippen LogP contribution in [0.1, 0.15) is 77.6 Å². The van der Waals surface area contributed by atoms with Gasteiger partial charge in [-0.05, 0) is 70.1 Å². The lowest BCUT2D eigenvalue weighted by molar-refractivity contribution is -0.965. The fourth-order valence-electron chi connectivity index (χ4n) is 6.70. The summed E-state index contributed by atoms with van der Waals surface area (Å²) in [5.41, 5.74) is 6.75. The van der Waals surface area contributed by atoms with Gasteiger partial charge in [0.1, 0.15) is 11.8 Å². The van der Waals surface area contributed by atoms with Crippen molar-refractivity contribution >= 4 is 11.8 Å². The van der Waals surface area contributed by atoms with Crippen LogP contribution in [0.25, 0.3) is 0 Å². The third-order valence-electron chi connectivity index (χ3n) is 8.78. The molecule has 0 aromatic rings. The van der Waals surface area contributed by atoms with Gasteiger partial charge >= 0.3 is 0 Å². The molecule has 5 N–H and O–H groups in total. The summed E-state index contributed by atoms with van der Waals surface area (Å²) in [4.78, 5) is 29.9. The molecule has 8 nitrogen and oxygen atoms in total. The molecule has 6 unspecified atom stereocenters. The number of piperidine rings is 2. The number of hydrogen-bond acceptors (Lipinski definition) is 5. The molecular weight excluding hydrogens is 418 g/mol. The highest BCUT2D eigenvalue weighted by Gasteiger charge is 2.54. The minimum atomic E-state index is -0.311. The van der Waals surface area contributed by atoms with E-state index < -0.39 is 0 Å². The quantitative estimate of drug-likeness (QED) is 0.421. The van der Waals surface area contributed by atoms with Gasteiger partial charge < -0.3 is 19.9 Å². The molecule has 4 fully saturated rings. The van der Waals surface area contributed by atoms with Crippen molar-refractivity contribution in [3.63, 3.8) is 0 Å². The Labute approximate surface area is 199 Å². The third-order valence-corrected chi connectivity index (χ3v) is 8.78. The van der Waals surface area contributed by atoms with Gasteiger partial charge in [0.15, 0.2) is 12.3 Å². The number of carbonyl (C=O) groups is 2. The second-order valence-corrected chi connectivity index (χ2v) is 10.8. The molecule has 188 valence electrons. The molecule has 4 aliphatic rings. The Morgan fingerprint density at radius 1 is 1.24 bits per heavy atom. The molecule has 6 atom stereocenters. The number of nitrogens with zero attached hydrogens (tertiary/aromatic N) is 1. The van der Waals surface area contributed by atoms with E-state index in [1.54, 1.807) is 7.11 Å². The van der Waals surface area contributed by atoms with Crippen molar-refractivity contribution in [1.82, 2.24) is 15.5 Å². The maximum Gasteiger partial charge on any atom is 0.234 e.